The molecule has 0 N–H and O–H groups in total. The van der Waals surface area contributed by atoms with Crippen LogP contribution in [0.4, 0.5) is 0 Å². The quantitative estimate of drug-likeness (QED) is 0.0261. The SMILES string of the molecule is CCCCC/C=C\C/C=C\CCCCCCCCCCCC(=O)OC(COC(=O)CCCCCCC/C=C\CCCCCC)COC(=O)CCCCCCCCCCCCCCCCCCCCCCCCCCCCCCCCCCC. The molecule has 488 valence electrons. The van der Waals surface area contributed by atoms with Gasteiger partial charge in [-0.15, -0.1) is 0 Å². The molecule has 0 amide bonds. The fraction of sp³-hybridized carbons (Fsp3) is 0.883. The summed E-state index contributed by atoms with van der Waals surface area (Å²) < 4.78 is 17.0. The fourth-order valence-corrected chi connectivity index (χ4v) is 11.5. The first-order chi connectivity index (χ1) is 41.0. The molecule has 0 fully saturated rings. The van der Waals surface area contributed by atoms with Gasteiger partial charge in [-0.1, -0.05) is 359 Å². The Morgan fingerprint density at radius 1 is 0.241 bits per heavy atom. The minimum atomic E-state index is -0.777. The van der Waals surface area contributed by atoms with Crippen molar-refractivity contribution in [3.05, 3.63) is 36.5 Å². The normalized spacial score (nSPS) is 12.2. The summed E-state index contributed by atoms with van der Waals surface area (Å²) in [5.74, 6) is -0.857. The van der Waals surface area contributed by atoms with Gasteiger partial charge >= 0.3 is 17.9 Å². The molecule has 0 radical (unpaired) electrons. The Hall–Kier alpha value is -2.37. The molecule has 0 spiro atoms. The van der Waals surface area contributed by atoms with Crippen LogP contribution in [0.1, 0.15) is 419 Å². The third kappa shape index (κ3) is 70.3. The lowest BCUT2D eigenvalue weighted by atomic mass is 10.0. The van der Waals surface area contributed by atoms with Crippen molar-refractivity contribution in [3.63, 3.8) is 0 Å². The van der Waals surface area contributed by atoms with Crippen molar-refractivity contribution in [1.82, 2.24) is 0 Å². The number of unbranched alkanes of at least 4 members (excludes halogenated alkanes) is 53. The van der Waals surface area contributed by atoms with E-state index >= 15 is 0 Å². The van der Waals surface area contributed by atoms with Gasteiger partial charge in [-0.2, -0.15) is 0 Å². The highest BCUT2D eigenvalue weighted by Gasteiger charge is 2.20. The second-order valence-corrected chi connectivity index (χ2v) is 25.6. The van der Waals surface area contributed by atoms with Crippen molar-refractivity contribution in [2.24, 2.45) is 0 Å². The van der Waals surface area contributed by atoms with Gasteiger partial charge in [0.05, 0.1) is 0 Å². The molecule has 0 aromatic carbocycles. The predicted octanol–water partition coefficient (Wildman–Crippen LogP) is 25.9. The minimum Gasteiger partial charge on any atom is -0.462 e. The number of carbonyl (C=O) groups excluding carboxylic acids is 3. The number of carbonyl (C=O) groups is 3. The van der Waals surface area contributed by atoms with Crippen LogP contribution >= 0.6 is 0 Å². The van der Waals surface area contributed by atoms with Crippen molar-refractivity contribution in [2.45, 2.75) is 425 Å². The highest BCUT2D eigenvalue weighted by molar-refractivity contribution is 5.71. The fourth-order valence-electron chi connectivity index (χ4n) is 11.5. The molecule has 0 aliphatic heterocycles. The van der Waals surface area contributed by atoms with E-state index in [1.165, 1.54) is 308 Å². The van der Waals surface area contributed by atoms with Crippen LogP contribution in [0.2, 0.25) is 0 Å². The molecule has 0 rings (SSSR count). The van der Waals surface area contributed by atoms with Gasteiger partial charge in [-0.3, -0.25) is 14.4 Å². The van der Waals surface area contributed by atoms with E-state index in [1.54, 1.807) is 0 Å². The van der Waals surface area contributed by atoms with Crippen LogP contribution in [0, 0.1) is 0 Å². The maximum Gasteiger partial charge on any atom is 0.306 e. The Bertz CT molecular complexity index is 1380. The highest BCUT2D eigenvalue weighted by Crippen LogP contribution is 2.19. The number of hydrogen-bond donors (Lipinski definition) is 0. The molecular formula is C77H144O6. The average Bonchev–Trinajstić information content (AvgIpc) is 3.49. The van der Waals surface area contributed by atoms with Gasteiger partial charge in [0.1, 0.15) is 13.2 Å². The summed E-state index contributed by atoms with van der Waals surface area (Å²) in [4.78, 5) is 38.4. The summed E-state index contributed by atoms with van der Waals surface area (Å²) in [5, 5.41) is 0. The second kappa shape index (κ2) is 72.1. The van der Waals surface area contributed by atoms with E-state index < -0.39 is 6.10 Å². The molecular weight excluding hydrogens is 1020 g/mol. The van der Waals surface area contributed by atoms with Crippen LogP contribution in [0.15, 0.2) is 36.5 Å². The molecule has 83 heavy (non-hydrogen) atoms. The van der Waals surface area contributed by atoms with Crippen LogP contribution in [0.5, 0.6) is 0 Å². The first-order valence-corrected chi connectivity index (χ1v) is 37.5. The lowest BCUT2D eigenvalue weighted by Gasteiger charge is -2.18. The van der Waals surface area contributed by atoms with Crippen LogP contribution < -0.4 is 0 Å². The Morgan fingerprint density at radius 2 is 0.434 bits per heavy atom. The Balaban J connectivity index is 4.11. The largest absolute Gasteiger partial charge is 0.462 e. The minimum absolute atomic E-state index is 0.0719. The number of esters is 3. The first kappa shape index (κ1) is 80.6. The molecule has 0 aromatic rings. The van der Waals surface area contributed by atoms with Gasteiger partial charge in [0, 0.05) is 19.3 Å². The lowest BCUT2D eigenvalue weighted by Crippen LogP contribution is -2.30. The molecule has 0 aromatic heterocycles. The van der Waals surface area contributed by atoms with Gasteiger partial charge in [-0.05, 0) is 77.0 Å². The van der Waals surface area contributed by atoms with Crippen molar-refractivity contribution in [3.8, 4) is 0 Å². The van der Waals surface area contributed by atoms with E-state index in [1.807, 2.05) is 0 Å². The van der Waals surface area contributed by atoms with Crippen LogP contribution in [0.3, 0.4) is 0 Å². The van der Waals surface area contributed by atoms with E-state index in [4.69, 9.17) is 14.2 Å². The van der Waals surface area contributed by atoms with Crippen molar-refractivity contribution < 1.29 is 28.6 Å². The van der Waals surface area contributed by atoms with Gasteiger partial charge < -0.3 is 14.2 Å². The van der Waals surface area contributed by atoms with E-state index in [-0.39, 0.29) is 31.1 Å². The number of allylic oxidation sites excluding steroid dienone is 6. The van der Waals surface area contributed by atoms with Crippen LogP contribution in [0.25, 0.3) is 0 Å². The summed E-state index contributed by atoms with van der Waals surface area (Å²) in [6.07, 6.45) is 90.6. The zero-order valence-electron chi connectivity index (χ0n) is 56.2. The Labute approximate surface area is 518 Å². The summed E-state index contributed by atoms with van der Waals surface area (Å²) in [6, 6.07) is 0. The average molecular weight is 1170 g/mol. The molecule has 0 saturated carbocycles. The summed E-state index contributed by atoms with van der Waals surface area (Å²) in [6.45, 7) is 6.66. The summed E-state index contributed by atoms with van der Waals surface area (Å²) in [5.41, 5.74) is 0. The standard InChI is InChI=1S/C77H144O6/c1-4-7-10-13-16-19-22-25-27-29-31-32-33-34-35-36-37-38-39-40-41-42-43-44-46-47-49-52-55-58-61-64-67-70-76(79)82-73-74(72-81-75(78)69-66-63-60-57-54-51-24-21-18-15-12-9-6-3)83-77(80)71-68-65-62-59-56-53-50-48-45-30-28-26-23-20-17-14-11-8-5-2/h17,20-21,24,26,28,74H,4-16,18-19,22-23,25,27,29-73H2,1-3H3/b20-17-,24-21-,28-26-. The number of hydrogen-bond acceptors (Lipinski definition) is 6. The molecule has 0 aliphatic carbocycles. The predicted molar refractivity (Wildman–Crippen MR) is 362 cm³/mol. The molecule has 0 bridgehead atoms. The van der Waals surface area contributed by atoms with E-state index in [0.29, 0.717) is 19.3 Å². The van der Waals surface area contributed by atoms with Gasteiger partial charge in [0.2, 0.25) is 0 Å². The zero-order valence-corrected chi connectivity index (χ0v) is 56.2. The van der Waals surface area contributed by atoms with E-state index in [2.05, 4.69) is 57.2 Å². The molecule has 1 atom stereocenters. The second-order valence-electron chi connectivity index (χ2n) is 25.6. The maximum atomic E-state index is 12.9. The maximum absolute atomic E-state index is 12.9. The van der Waals surface area contributed by atoms with E-state index in [0.717, 1.165) is 70.6 Å². The van der Waals surface area contributed by atoms with Gasteiger partial charge in [-0.25, -0.2) is 0 Å². The molecule has 0 saturated heterocycles. The molecule has 0 heterocycles. The highest BCUT2D eigenvalue weighted by atomic mass is 16.6. The monoisotopic (exact) mass is 1170 g/mol. The lowest BCUT2D eigenvalue weighted by molar-refractivity contribution is -0.167. The molecule has 6 heteroatoms. The number of rotatable bonds is 70. The number of ether oxygens (including phenoxy) is 3. The third-order valence-electron chi connectivity index (χ3n) is 17.1. The van der Waals surface area contributed by atoms with Crippen LogP contribution in [-0.4, -0.2) is 37.2 Å². The van der Waals surface area contributed by atoms with E-state index in [9.17, 15) is 14.4 Å². The smallest absolute Gasteiger partial charge is 0.306 e. The first-order valence-electron chi connectivity index (χ1n) is 37.5. The van der Waals surface area contributed by atoms with Crippen LogP contribution in [-0.2, 0) is 28.6 Å². The zero-order chi connectivity index (χ0) is 59.9. The molecule has 1 unspecified atom stereocenters. The Morgan fingerprint density at radius 3 is 0.711 bits per heavy atom. The molecule has 6 nitrogen and oxygen atoms in total. The molecule has 0 aliphatic rings. The summed E-state index contributed by atoms with van der Waals surface area (Å²) >= 11 is 0. The van der Waals surface area contributed by atoms with Crippen molar-refractivity contribution in [1.29, 1.82) is 0 Å². The van der Waals surface area contributed by atoms with Crippen molar-refractivity contribution >= 4 is 17.9 Å². The summed E-state index contributed by atoms with van der Waals surface area (Å²) in [7, 11) is 0. The van der Waals surface area contributed by atoms with Gasteiger partial charge in [0.15, 0.2) is 6.10 Å². The van der Waals surface area contributed by atoms with Gasteiger partial charge in [0.25, 0.3) is 0 Å². The topological polar surface area (TPSA) is 78.9 Å². The third-order valence-corrected chi connectivity index (χ3v) is 17.1. The van der Waals surface area contributed by atoms with Crippen molar-refractivity contribution in [2.75, 3.05) is 13.2 Å². The Kier molecular flexibility index (Phi) is 70.0.